The van der Waals surface area contributed by atoms with E-state index in [1.54, 1.807) is 4.90 Å². The molecule has 0 radical (unpaired) electrons. The molecule has 0 aliphatic heterocycles. The average molecular weight is 393 g/mol. The van der Waals surface area contributed by atoms with Crippen LogP contribution in [0.15, 0.2) is 60.8 Å². The van der Waals surface area contributed by atoms with Crippen molar-refractivity contribution in [2.24, 2.45) is 0 Å². The van der Waals surface area contributed by atoms with Crippen LogP contribution in [0, 0.1) is 0 Å². The fraction of sp³-hybridized carbons (Fsp3) is 0.304. The van der Waals surface area contributed by atoms with E-state index < -0.39 is 5.97 Å². The van der Waals surface area contributed by atoms with E-state index >= 15 is 0 Å². The molecule has 0 spiro atoms. The number of aliphatic carboxylic acids is 1. The SMILES string of the molecule is CC(C)N(CC(=O)O)CC(=O)NCC(c1ccccc1)c1c[nH]c2ccccc12. The van der Waals surface area contributed by atoms with Crippen LogP contribution in [0.2, 0.25) is 0 Å². The fourth-order valence-corrected chi connectivity index (χ4v) is 3.53. The lowest BCUT2D eigenvalue weighted by Crippen LogP contribution is -2.44. The third-order valence-corrected chi connectivity index (χ3v) is 5.12. The maximum atomic E-state index is 12.6. The van der Waals surface area contributed by atoms with E-state index in [0.29, 0.717) is 6.54 Å². The van der Waals surface area contributed by atoms with E-state index in [0.717, 1.165) is 22.0 Å². The number of amides is 1. The lowest BCUT2D eigenvalue weighted by Gasteiger charge is -2.24. The molecule has 1 aromatic heterocycles. The van der Waals surface area contributed by atoms with Crippen LogP contribution < -0.4 is 5.32 Å². The van der Waals surface area contributed by atoms with Crippen LogP contribution in [0.25, 0.3) is 10.9 Å². The molecule has 1 unspecified atom stereocenters. The molecule has 0 aliphatic rings. The number of nitrogens with one attached hydrogen (secondary N) is 2. The maximum absolute atomic E-state index is 12.6. The topological polar surface area (TPSA) is 85.4 Å². The van der Waals surface area contributed by atoms with Gasteiger partial charge in [0.15, 0.2) is 0 Å². The first-order chi connectivity index (χ1) is 14.0. The normalized spacial score (nSPS) is 12.4. The highest BCUT2D eigenvalue weighted by Crippen LogP contribution is 2.30. The Labute approximate surface area is 170 Å². The molecule has 152 valence electrons. The molecular formula is C23H27N3O3. The van der Waals surface area contributed by atoms with Gasteiger partial charge in [0.2, 0.25) is 5.91 Å². The van der Waals surface area contributed by atoms with Gasteiger partial charge in [-0.2, -0.15) is 0 Å². The minimum absolute atomic E-state index is 0.0109. The van der Waals surface area contributed by atoms with E-state index in [1.807, 2.05) is 56.4 Å². The number of fused-ring (bicyclic) bond motifs is 1. The van der Waals surface area contributed by atoms with Gasteiger partial charge in [-0.05, 0) is 31.0 Å². The van der Waals surface area contributed by atoms with Crippen molar-refractivity contribution in [1.82, 2.24) is 15.2 Å². The van der Waals surface area contributed by atoms with Gasteiger partial charge in [-0.15, -0.1) is 0 Å². The van der Waals surface area contributed by atoms with E-state index in [2.05, 4.69) is 28.5 Å². The first-order valence-electron chi connectivity index (χ1n) is 9.79. The van der Waals surface area contributed by atoms with Gasteiger partial charge in [0.05, 0.1) is 13.1 Å². The second-order valence-electron chi connectivity index (χ2n) is 7.45. The number of carboxylic acid groups (broad SMARTS) is 1. The number of aromatic amines is 1. The second-order valence-corrected chi connectivity index (χ2v) is 7.45. The smallest absolute Gasteiger partial charge is 0.317 e. The molecule has 1 amide bonds. The monoisotopic (exact) mass is 393 g/mol. The maximum Gasteiger partial charge on any atom is 0.317 e. The summed E-state index contributed by atoms with van der Waals surface area (Å²) in [5, 5.41) is 13.2. The molecule has 3 aromatic rings. The summed E-state index contributed by atoms with van der Waals surface area (Å²) >= 11 is 0. The summed E-state index contributed by atoms with van der Waals surface area (Å²) in [6.07, 6.45) is 2.00. The molecule has 1 atom stereocenters. The van der Waals surface area contributed by atoms with E-state index in [-0.39, 0.29) is 31.0 Å². The van der Waals surface area contributed by atoms with Gasteiger partial charge in [0, 0.05) is 35.6 Å². The summed E-state index contributed by atoms with van der Waals surface area (Å²) in [6.45, 7) is 4.10. The van der Waals surface area contributed by atoms with Gasteiger partial charge in [-0.1, -0.05) is 48.5 Å². The summed E-state index contributed by atoms with van der Waals surface area (Å²) in [4.78, 5) is 28.6. The summed E-state index contributed by atoms with van der Waals surface area (Å²) in [5.74, 6) is -1.13. The van der Waals surface area contributed by atoms with E-state index in [9.17, 15) is 9.59 Å². The Bertz CT molecular complexity index is 966. The van der Waals surface area contributed by atoms with Crippen molar-refractivity contribution >= 4 is 22.8 Å². The van der Waals surface area contributed by atoms with Crippen LogP contribution in [0.3, 0.4) is 0 Å². The van der Waals surface area contributed by atoms with Crippen molar-refractivity contribution in [1.29, 1.82) is 0 Å². The Morgan fingerprint density at radius 1 is 1.03 bits per heavy atom. The fourth-order valence-electron chi connectivity index (χ4n) is 3.53. The van der Waals surface area contributed by atoms with Gasteiger partial charge < -0.3 is 15.4 Å². The van der Waals surface area contributed by atoms with Gasteiger partial charge >= 0.3 is 5.97 Å². The number of carbonyl (C=O) groups is 2. The average Bonchev–Trinajstić information content (AvgIpc) is 3.12. The molecule has 2 aromatic carbocycles. The molecule has 29 heavy (non-hydrogen) atoms. The highest BCUT2D eigenvalue weighted by atomic mass is 16.4. The number of benzene rings is 2. The Kier molecular flexibility index (Phi) is 6.67. The lowest BCUT2D eigenvalue weighted by atomic mass is 9.91. The lowest BCUT2D eigenvalue weighted by molar-refractivity contribution is -0.139. The van der Waals surface area contributed by atoms with Crippen molar-refractivity contribution in [2.75, 3.05) is 19.6 Å². The largest absolute Gasteiger partial charge is 0.480 e. The number of rotatable bonds is 9. The molecule has 0 bridgehead atoms. The minimum atomic E-state index is -0.938. The number of aromatic nitrogens is 1. The molecular weight excluding hydrogens is 366 g/mol. The number of hydrogen-bond acceptors (Lipinski definition) is 3. The molecule has 3 N–H and O–H groups in total. The number of H-pyrrole nitrogens is 1. The second kappa shape index (κ2) is 9.39. The highest BCUT2D eigenvalue weighted by Gasteiger charge is 2.21. The summed E-state index contributed by atoms with van der Waals surface area (Å²) in [7, 11) is 0. The van der Waals surface area contributed by atoms with E-state index in [4.69, 9.17) is 5.11 Å². The molecule has 0 saturated heterocycles. The highest BCUT2D eigenvalue weighted by molar-refractivity contribution is 5.84. The van der Waals surface area contributed by atoms with Crippen LogP contribution in [-0.2, 0) is 9.59 Å². The van der Waals surface area contributed by atoms with Crippen molar-refractivity contribution in [3.63, 3.8) is 0 Å². The zero-order chi connectivity index (χ0) is 20.8. The van der Waals surface area contributed by atoms with Crippen LogP contribution in [-0.4, -0.2) is 52.5 Å². The Morgan fingerprint density at radius 3 is 2.41 bits per heavy atom. The molecule has 6 nitrogen and oxygen atoms in total. The third-order valence-electron chi connectivity index (χ3n) is 5.12. The first kappa shape index (κ1) is 20.6. The molecule has 0 saturated carbocycles. The standard InChI is InChI=1S/C23H27N3O3/c1-16(2)26(15-23(28)29)14-22(27)25-12-19(17-8-4-3-5-9-17)20-13-24-21-11-7-6-10-18(20)21/h3-11,13,16,19,24H,12,14-15H2,1-2H3,(H,25,27)(H,28,29). The number of hydrogen-bond donors (Lipinski definition) is 3. The van der Waals surface area contributed by atoms with Gasteiger partial charge in [-0.25, -0.2) is 0 Å². The van der Waals surface area contributed by atoms with Crippen molar-refractivity contribution in [2.45, 2.75) is 25.8 Å². The Hall–Kier alpha value is -3.12. The molecule has 0 aliphatic carbocycles. The number of carboxylic acids is 1. The van der Waals surface area contributed by atoms with Gasteiger partial charge in [0.25, 0.3) is 0 Å². The van der Waals surface area contributed by atoms with Gasteiger partial charge in [0.1, 0.15) is 0 Å². The zero-order valence-corrected chi connectivity index (χ0v) is 16.8. The number of carbonyl (C=O) groups excluding carboxylic acids is 1. The van der Waals surface area contributed by atoms with Crippen molar-refractivity contribution in [3.05, 3.63) is 71.9 Å². The molecule has 0 fully saturated rings. The number of nitrogens with zero attached hydrogens (tertiary/aromatic N) is 1. The van der Waals surface area contributed by atoms with Crippen LogP contribution in [0.5, 0.6) is 0 Å². The first-order valence-corrected chi connectivity index (χ1v) is 9.79. The quantitative estimate of drug-likeness (QED) is 0.521. The summed E-state index contributed by atoms with van der Waals surface area (Å²) in [5.41, 5.74) is 3.30. The zero-order valence-electron chi connectivity index (χ0n) is 16.8. The van der Waals surface area contributed by atoms with Crippen molar-refractivity contribution < 1.29 is 14.7 Å². The van der Waals surface area contributed by atoms with Crippen LogP contribution in [0.4, 0.5) is 0 Å². The van der Waals surface area contributed by atoms with Crippen LogP contribution >= 0.6 is 0 Å². The molecule has 3 rings (SSSR count). The molecule has 1 heterocycles. The molecule has 6 heteroatoms. The van der Waals surface area contributed by atoms with E-state index in [1.165, 1.54) is 0 Å². The summed E-state index contributed by atoms with van der Waals surface area (Å²) < 4.78 is 0. The Morgan fingerprint density at radius 2 is 1.72 bits per heavy atom. The third kappa shape index (κ3) is 5.23. The number of para-hydroxylation sites is 1. The minimum Gasteiger partial charge on any atom is -0.480 e. The Balaban J connectivity index is 1.78. The van der Waals surface area contributed by atoms with Crippen molar-refractivity contribution in [3.8, 4) is 0 Å². The predicted molar refractivity (Wildman–Crippen MR) is 114 cm³/mol. The summed E-state index contributed by atoms with van der Waals surface area (Å²) in [6, 6.07) is 18.2. The van der Waals surface area contributed by atoms with Crippen LogP contribution in [0.1, 0.15) is 30.9 Å². The predicted octanol–water partition coefficient (Wildman–Crippen LogP) is 3.21. The van der Waals surface area contributed by atoms with Gasteiger partial charge in [-0.3, -0.25) is 14.5 Å².